The first-order chi connectivity index (χ1) is 7.27. The van der Waals surface area contributed by atoms with Crippen LogP contribution in [0.15, 0.2) is 0 Å². The van der Waals surface area contributed by atoms with Crippen molar-refractivity contribution < 1.29 is 19.7 Å². The Bertz CT molecular complexity index is 277. The normalized spacial score (nSPS) is 34.6. The Morgan fingerprint density at radius 3 is 2.00 bits per heavy atom. The molecule has 1 heterocycles. The first kappa shape index (κ1) is 13.5. The molecule has 1 rings (SSSR count). The molecule has 1 aliphatic rings. The van der Waals surface area contributed by atoms with Crippen molar-refractivity contribution in [2.75, 3.05) is 0 Å². The molecule has 2 atom stereocenters. The van der Waals surface area contributed by atoms with E-state index >= 15 is 0 Å². The minimum absolute atomic E-state index is 0.268. The standard InChI is InChI=1S/C12H22O4/c1-6-8-12(10(3,4)5)11(7-2,9(13)14)15-16-12/h6-8H2,1-5H3,(H,13,14). The summed E-state index contributed by atoms with van der Waals surface area (Å²) in [4.78, 5) is 21.8. The Morgan fingerprint density at radius 1 is 1.25 bits per heavy atom. The summed E-state index contributed by atoms with van der Waals surface area (Å²) in [5.41, 5.74) is -2.19. The quantitative estimate of drug-likeness (QED) is 0.754. The maximum atomic E-state index is 11.5. The molecular weight excluding hydrogens is 208 g/mol. The summed E-state index contributed by atoms with van der Waals surface area (Å²) >= 11 is 0. The van der Waals surface area contributed by atoms with Crippen LogP contribution in [0.1, 0.15) is 53.9 Å². The van der Waals surface area contributed by atoms with Crippen molar-refractivity contribution in [3.05, 3.63) is 0 Å². The van der Waals surface area contributed by atoms with Crippen LogP contribution in [0.4, 0.5) is 0 Å². The van der Waals surface area contributed by atoms with E-state index in [4.69, 9.17) is 9.78 Å². The fraction of sp³-hybridized carbons (Fsp3) is 0.917. The van der Waals surface area contributed by atoms with Crippen LogP contribution in [0, 0.1) is 5.41 Å². The summed E-state index contributed by atoms with van der Waals surface area (Å²) in [6, 6.07) is 0. The van der Waals surface area contributed by atoms with Gasteiger partial charge in [-0.2, -0.15) is 0 Å². The lowest BCUT2D eigenvalue weighted by Crippen LogP contribution is -2.75. The van der Waals surface area contributed by atoms with E-state index in [9.17, 15) is 9.90 Å². The summed E-state index contributed by atoms with van der Waals surface area (Å²) < 4.78 is 0. The van der Waals surface area contributed by atoms with E-state index in [1.165, 1.54) is 0 Å². The van der Waals surface area contributed by atoms with E-state index in [-0.39, 0.29) is 5.41 Å². The Balaban J connectivity index is 3.17. The van der Waals surface area contributed by atoms with Crippen LogP contribution in [0.25, 0.3) is 0 Å². The van der Waals surface area contributed by atoms with Gasteiger partial charge < -0.3 is 5.11 Å². The molecule has 0 aliphatic carbocycles. The van der Waals surface area contributed by atoms with E-state index in [0.29, 0.717) is 12.8 Å². The lowest BCUT2D eigenvalue weighted by atomic mass is 9.62. The molecule has 0 aromatic rings. The zero-order valence-electron chi connectivity index (χ0n) is 10.8. The van der Waals surface area contributed by atoms with Gasteiger partial charge in [0.2, 0.25) is 5.60 Å². The second-order valence-corrected chi connectivity index (χ2v) is 5.48. The van der Waals surface area contributed by atoms with Crippen molar-refractivity contribution in [2.24, 2.45) is 5.41 Å². The highest BCUT2D eigenvalue weighted by Gasteiger charge is 2.72. The minimum Gasteiger partial charge on any atom is -0.479 e. The molecule has 1 saturated heterocycles. The van der Waals surface area contributed by atoms with Gasteiger partial charge in [-0.3, -0.25) is 0 Å². The van der Waals surface area contributed by atoms with Crippen LogP contribution in [-0.2, 0) is 14.6 Å². The minimum atomic E-state index is -1.19. The molecule has 0 spiro atoms. The zero-order chi connectivity index (χ0) is 12.6. The summed E-state index contributed by atoms with van der Waals surface area (Å²) in [7, 11) is 0. The Hall–Kier alpha value is -0.610. The van der Waals surface area contributed by atoms with Crippen LogP contribution in [0.2, 0.25) is 0 Å². The largest absolute Gasteiger partial charge is 0.479 e. The predicted molar refractivity (Wildman–Crippen MR) is 59.9 cm³/mol. The number of hydrogen-bond donors (Lipinski definition) is 1. The molecule has 1 N–H and O–H groups in total. The van der Waals surface area contributed by atoms with Gasteiger partial charge in [0.1, 0.15) is 0 Å². The third-order valence-electron chi connectivity index (χ3n) is 3.64. The lowest BCUT2D eigenvalue weighted by Gasteiger charge is -2.59. The van der Waals surface area contributed by atoms with Gasteiger partial charge in [0.05, 0.1) is 0 Å². The SMILES string of the molecule is CCCC1(C(C)(C)C)OOC1(CC)C(=O)O. The maximum absolute atomic E-state index is 11.5. The van der Waals surface area contributed by atoms with E-state index in [2.05, 4.69) is 0 Å². The fourth-order valence-corrected chi connectivity index (χ4v) is 2.65. The molecule has 0 bridgehead atoms. The number of carboxylic acids is 1. The molecule has 2 unspecified atom stereocenters. The Labute approximate surface area is 96.9 Å². The number of hydrogen-bond acceptors (Lipinski definition) is 3. The number of aliphatic carboxylic acids is 1. The zero-order valence-corrected chi connectivity index (χ0v) is 10.8. The first-order valence-electron chi connectivity index (χ1n) is 5.87. The van der Waals surface area contributed by atoms with Crippen molar-refractivity contribution in [1.29, 1.82) is 0 Å². The number of carboxylic acid groups (broad SMARTS) is 1. The van der Waals surface area contributed by atoms with E-state index in [1.807, 2.05) is 34.6 Å². The van der Waals surface area contributed by atoms with Crippen molar-refractivity contribution in [1.82, 2.24) is 0 Å². The molecular formula is C12H22O4. The van der Waals surface area contributed by atoms with Crippen LogP contribution >= 0.6 is 0 Å². The average molecular weight is 230 g/mol. The highest BCUT2D eigenvalue weighted by atomic mass is 17.3. The van der Waals surface area contributed by atoms with Crippen LogP contribution in [0.3, 0.4) is 0 Å². The van der Waals surface area contributed by atoms with Gasteiger partial charge >= 0.3 is 5.97 Å². The second kappa shape index (κ2) is 4.00. The van der Waals surface area contributed by atoms with Crippen molar-refractivity contribution in [3.63, 3.8) is 0 Å². The van der Waals surface area contributed by atoms with Gasteiger partial charge in [-0.15, -0.1) is 0 Å². The third-order valence-corrected chi connectivity index (χ3v) is 3.64. The topological polar surface area (TPSA) is 55.8 Å². The maximum Gasteiger partial charge on any atom is 0.342 e. The van der Waals surface area contributed by atoms with Gasteiger partial charge in [0.25, 0.3) is 0 Å². The van der Waals surface area contributed by atoms with Crippen molar-refractivity contribution >= 4 is 5.97 Å². The van der Waals surface area contributed by atoms with Crippen molar-refractivity contribution in [2.45, 2.75) is 65.1 Å². The average Bonchev–Trinajstić information content (AvgIpc) is 2.11. The van der Waals surface area contributed by atoms with Gasteiger partial charge in [-0.05, 0) is 18.3 Å². The fourth-order valence-electron chi connectivity index (χ4n) is 2.65. The molecule has 4 heteroatoms. The molecule has 0 saturated carbocycles. The van der Waals surface area contributed by atoms with Gasteiger partial charge in [-0.25, -0.2) is 14.6 Å². The molecule has 94 valence electrons. The number of carbonyl (C=O) groups is 1. The molecule has 0 amide bonds. The molecule has 0 aromatic heterocycles. The van der Waals surface area contributed by atoms with Crippen molar-refractivity contribution in [3.8, 4) is 0 Å². The summed E-state index contributed by atoms with van der Waals surface area (Å²) in [6.07, 6.45) is 1.98. The van der Waals surface area contributed by atoms with Gasteiger partial charge in [0, 0.05) is 0 Å². The molecule has 0 aromatic carbocycles. The Morgan fingerprint density at radius 2 is 1.81 bits per heavy atom. The first-order valence-corrected chi connectivity index (χ1v) is 5.87. The van der Waals surface area contributed by atoms with Crippen LogP contribution in [0.5, 0.6) is 0 Å². The molecule has 16 heavy (non-hydrogen) atoms. The molecule has 0 radical (unpaired) electrons. The molecule has 1 fully saturated rings. The summed E-state index contributed by atoms with van der Waals surface area (Å²) in [6.45, 7) is 9.85. The highest BCUT2D eigenvalue weighted by molar-refractivity contribution is 5.80. The van der Waals surface area contributed by atoms with Gasteiger partial charge in [0.15, 0.2) is 5.60 Å². The summed E-state index contributed by atoms with van der Waals surface area (Å²) in [5, 5.41) is 9.40. The van der Waals surface area contributed by atoms with Gasteiger partial charge in [-0.1, -0.05) is 41.0 Å². The van der Waals surface area contributed by atoms with Crippen LogP contribution in [-0.4, -0.2) is 22.3 Å². The predicted octanol–water partition coefficient (Wildman–Crippen LogP) is 2.77. The monoisotopic (exact) mass is 230 g/mol. The van der Waals surface area contributed by atoms with E-state index < -0.39 is 17.2 Å². The smallest absolute Gasteiger partial charge is 0.342 e. The summed E-state index contributed by atoms with van der Waals surface area (Å²) in [5.74, 6) is -0.926. The number of rotatable bonds is 4. The Kier molecular flexibility index (Phi) is 3.37. The molecule has 1 aliphatic heterocycles. The van der Waals surface area contributed by atoms with E-state index in [1.54, 1.807) is 0 Å². The van der Waals surface area contributed by atoms with E-state index in [0.717, 1.165) is 6.42 Å². The second-order valence-electron chi connectivity index (χ2n) is 5.48. The molecule has 4 nitrogen and oxygen atoms in total. The van der Waals surface area contributed by atoms with Crippen LogP contribution < -0.4 is 0 Å². The lowest BCUT2D eigenvalue weighted by molar-refractivity contribution is -0.561. The third kappa shape index (κ3) is 1.47. The highest BCUT2D eigenvalue weighted by Crippen LogP contribution is 2.55.